The summed E-state index contributed by atoms with van der Waals surface area (Å²) in [6, 6.07) is 14.4. The maximum atomic E-state index is 12.9. The fraction of sp³-hybridized carbons (Fsp3) is 0.435. The van der Waals surface area contributed by atoms with Crippen LogP contribution in [0.25, 0.3) is 0 Å². The van der Waals surface area contributed by atoms with Crippen LogP contribution in [0.4, 0.5) is 4.39 Å². The van der Waals surface area contributed by atoms with Crippen molar-refractivity contribution < 1.29 is 13.9 Å². The van der Waals surface area contributed by atoms with E-state index in [1.165, 1.54) is 17.7 Å². The molecular formula is C23H30FN3O2. The number of hydrogen-bond donors (Lipinski definition) is 1. The predicted octanol–water partition coefficient (Wildman–Crippen LogP) is 2.70. The number of hydrogen-bond acceptors (Lipinski definition) is 4. The van der Waals surface area contributed by atoms with Crippen molar-refractivity contribution in [1.82, 2.24) is 15.1 Å². The van der Waals surface area contributed by atoms with Gasteiger partial charge in [-0.15, -0.1) is 0 Å². The number of methoxy groups -OCH3 is 1. The molecule has 0 aromatic heterocycles. The molecule has 0 unspecified atom stereocenters. The van der Waals surface area contributed by atoms with E-state index in [-0.39, 0.29) is 17.8 Å². The molecule has 0 radical (unpaired) electrons. The van der Waals surface area contributed by atoms with Gasteiger partial charge in [-0.2, -0.15) is 0 Å². The number of carbonyl (C=O) groups is 1. The number of rotatable bonds is 8. The van der Waals surface area contributed by atoms with E-state index in [0.717, 1.165) is 44.0 Å². The van der Waals surface area contributed by atoms with Crippen LogP contribution >= 0.6 is 0 Å². The van der Waals surface area contributed by atoms with Crippen molar-refractivity contribution in [2.75, 3.05) is 39.8 Å². The average molecular weight is 400 g/mol. The molecular weight excluding hydrogens is 369 g/mol. The standard InChI is InChI=1S/C23H30FN3O2/c1-18(23(28)25-12-11-19-3-7-21(24)8-4-19)27-15-13-26(14-16-27)17-20-5-9-22(29-2)10-6-20/h3-10,18H,11-17H2,1-2H3,(H,25,28)/t18-/m1/s1. The third kappa shape index (κ3) is 6.27. The maximum Gasteiger partial charge on any atom is 0.237 e. The predicted molar refractivity (Wildman–Crippen MR) is 112 cm³/mol. The molecule has 0 saturated carbocycles. The number of halogens is 1. The van der Waals surface area contributed by atoms with Crippen LogP contribution in [0.15, 0.2) is 48.5 Å². The number of piperazine rings is 1. The lowest BCUT2D eigenvalue weighted by atomic mass is 10.1. The lowest BCUT2D eigenvalue weighted by molar-refractivity contribution is -0.126. The molecule has 1 amide bonds. The zero-order valence-electron chi connectivity index (χ0n) is 17.2. The summed E-state index contributed by atoms with van der Waals surface area (Å²) in [5, 5.41) is 3.00. The van der Waals surface area contributed by atoms with E-state index in [2.05, 4.69) is 27.2 Å². The van der Waals surface area contributed by atoms with Crippen molar-refractivity contribution in [3.05, 3.63) is 65.5 Å². The first-order valence-electron chi connectivity index (χ1n) is 10.2. The summed E-state index contributed by atoms with van der Waals surface area (Å²) < 4.78 is 18.2. The molecule has 1 N–H and O–H groups in total. The molecule has 5 nitrogen and oxygen atoms in total. The van der Waals surface area contributed by atoms with Gasteiger partial charge >= 0.3 is 0 Å². The molecule has 1 aliphatic heterocycles. The highest BCUT2D eigenvalue weighted by atomic mass is 19.1. The van der Waals surface area contributed by atoms with Gasteiger partial charge in [-0.05, 0) is 48.7 Å². The van der Waals surface area contributed by atoms with E-state index >= 15 is 0 Å². The van der Waals surface area contributed by atoms with Gasteiger partial charge in [-0.25, -0.2) is 4.39 Å². The van der Waals surface area contributed by atoms with E-state index in [0.29, 0.717) is 13.0 Å². The van der Waals surface area contributed by atoms with Crippen molar-refractivity contribution in [3.63, 3.8) is 0 Å². The average Bonchev–Trinajstić information content (AvgIpc) is 2.75. The van der Waals surface area contributed by atoms with Gasteiger partial charge in [0.25, 0.3) is 0 Å². The van der Waals surface area contributed by atoms with Gasteiger partial charge in [0, 0.05) is 39.3 Å². The monoisotopic (exact) mass is 399 g/mol. The Morgan fingerprint density at radius 2 is 1.66 bits per heavy atom. The van der Waals surface area contributed by atoms with Crippen LogP contribution in [-0.2, 0) is 17.8 Å². The Bertz CT molecular complexity index is 772. The lowest BCUT2D eigenvalue weighted by Gasteiger charge is -2.37. The highest BCUT2D eigenvalue weighted by Gasteiger charge is 2.25. The molecule has 156 valence electrons. The largest absolute Gasteiger partial charge is 0.497 e. The third-order valence-electron chi connectivity index (χ3n) is 5.53. The number of amides is 1. The number of nitrogens with one attached hydrogen (secondary N) is 1. The molecule has 29 heavy (non-hydrogen) atoms. The second-order valence-electron chi connectivity index (χ2n) is 7.50. The Balaban J connectivity index is 1.38. The highest BCUT2D eigenvalue weighted by Crippen LogP contribution is 2.15. The molecule has 3 rings (SSSR count). The number of nitrogens with zero attached hydrogens (tertiary/aromatic N) is 2. The number of ether oxygens (including phenoxy) is 1. The zero-order valence-corrected chi connectivity index (χ0v) is 17.2. The molecule has 1 aliphatic rings. The van der Waals surface area contributed by atoms with Crippen LogP contribution in [-0.4, -0.2) is 61.6 Å². The normalized spacial score (nSPS) is 16.4. The smallest absolute Gasteiger partial charge is 0.237 e. The van der Waals surface area contributed by atoms with Gasteiger partial charge in [0.1, 0.15) is 11.6 Å². The molecule has 1 saturated heterocycles. The second kappa shape index (κ2) is 10.4. The fourth-order valence-corrected chi connectivity index (χ4v) is 3.59. The summed E-state index contributed by atoms with van der Waals surface area (Å²) in [5.41, 5.74) is 2.29. The van der Waals surface area contributed by atoms with Crippen molar-refractivity contribution in [2.45, 2.75) is 25.9 Å². The molecule has 1 atom stereocenters. The summed E-state index contributed by atoms with van der Waals surface area (Å²) in [6.45, 7) is 7.08. The van der Waals surface area contributed by atoms with Crippen LogP contribution in [0.5, 0.6) is 5.75 Å². The van der Waals surface area contributed by atoms with Crippen molar-refractivity contribution in [1.29, 1.82) is 0 Å². The van der Waals surface area contributed by atoms with Gasteiger partial charge in [-0.1, -0.05) is 24.3 Å². The highest BCUT2D eigenvalue weighted by molar-refractivity contribution is 5.81. The van der Waals surface area contributed by atoms with E-state index < -0.39 is 0 Å². The fourth-order valence-electron chi connectivity index (χ4n) is 3.59. The Morgan fingerprint density at radius 3 is 2.28 bits per heavy atom. The quantitative estimate of drug-likeness (QED) is 0.741. The van der Waals surface area contributed by atoms with Gasteiger partial charge in [0.2, 0.25) is 5.91 Å². The molecule has 1 heterocycles. The van der Waals surface area contributed by atoms with Crippen LogP contribution in [0, 0.1) is 5.82 Å². The lowest BCUT2D eigenvalue weighted by Crippen LogP contribution is -2.53. The van der Waals surface area contributed by atoms with Crippen molar-refractivity contribution in [3.8, 4) is 5.75 Å². The Kier molecular flexibility index (Phi) is 7.61. The summed E-state index contributed by atoms with van der Waals surface area (Å²) in [4.78, 5) is 17.1. The minimum absolute atomic E-state index is 0.0516. The number of benzene rings is 2. The first-order chi connectivity index (χ1) is 14.0. The summed E-state index contributed by atoms with van der Waals surface area (Å²) >= 11 is 0. The minimum atomic E-state index is -0.238. The van der Waals surface area contributed by atoms with Crippen LogP contribution in [0.1, 0.15) is 18.1 Å². The van der Waals surface area contributed by atoms with E-state index in [1.54, 1.807) is 19.2 Å². The summed E-state index contributed by atoms with van der Waals surface area (Å²) in [7, 11) is 1.67. The van der Waals surface area contributed by atoms with Crippen molar-refractivity contribution in [2.24, 2.45) is 0 Å². The van der Waals surface area contributed by atoms with E-state index in [9.17, 15) is 9.18 Å². The topological polar surface area (TPSA) is 44.8 Å². The third-order valence-corrected chi connectivity index (χ3v) is 5.53. The van der Waals surface area contributed by atoms with Crippen LogP contribution in [0.2, 0.25) is 0 Å². The van der Waals surface area contributed by atoms with Gasteiger partial charge in [0.05, 0.1) is 13.2 Å². The summed E-state index contributed by atoms with van der Waals surface area (Å²) in [6.07, 6.45) is 0.703. The minimum Gasteiger partial charge on any atom is -0.497 e. The van der Waals surface area contributed by atoms with Gasteiger partial charge in [0.15, 0.2) is 0 Å². The SMILES string of the molecule is COc1ccc(CN2CCN([C@H](C)C(=O)NCCc3ccc(F)cc3)CC2)cc1. The number of carbonyl (C=O) groups excluding carboxylic acids is 1. The molecule has 0 spiro atoms. The summed E-state index contributed by atoms with van der Waals surface area (Å²) in [5.74, 6) is 0.686. The Morgan fingerprint density at radius 1 is 1.03 bits per heavy atom. The van der Waals surface area contributed by atoms with Gasteiger partial charge in [-0.3, -0.25) is 14.6 Å². The van der Waals surface area contributed by atoms with Gasteiger partial charge < -0.3 is 10.1 Å². The molecule has 0 bridgehead atoms. The van der Waals surface area contributed by atoms with E-state index in [1.807, 2.05) is 19.1 Å². The molecule has 1 fully saturated rings. The van der Waals surface area contributed by atoms with E-state index in [4.69, 9.17) is 4.74 Å². The van der Waals surface area contributed by atoms with Crippen molar-refractivity contribution >= 4 is 5.91 Å². The first-order valence-corrected chi connectivity index (χ1v) is 10.2. The van der Waals surface area contributed by atoms with Crippen LogP contribution in [0.3, 0.4) is 0 Å². The Hall–Kier alpha value is -2.44. The maximum absolute atomic E-state index is 12.9. The molecule has 2 aromatic carbocycles. The van der Waals surface area contributed by atoms with Crippen LogP contribution < -0.4 is 10.1 Å². The molecule has 0 aliphatic carbocycles. The zero-order chi connectivity index (χ0) is 20.6. The Labute approximate surface area is 172 Å². The second-order valence-corrected chi connectivity index (χ2v) is 7.50. The first kappa shape index (κ1) is 21.3. The molecule has 6 heteroatoms. The molecule has 2 aromatic rings.